The summed E-state index contributed by atoms with van der Waals surface area (Å²) < 4.78 is 0. The van der Waals surface area contributed by atoms with E-state index in [-0.39, 0.29) is 94.0 Å². The van der Waals surface area contributed by atoms with Crippen molar-refractivity contribution in [3.8, 4) is 0 Å². The minimum absolute atomic E-state index is 0. The Morgan fingerprint density at radius 2 is 1.96 bits per heavy atom. The molecule has 0 spiro atoms. The summed E-state index contributed by atoms with van der Waals surface area (Å²) in [5.74, 6) is -3.24. The van der Waals surface area contributed by atoms with Gasteiger partial charge in [0.2, 0.25) is 11.8 Å². The van der Waals surface area contributed by atoms with E-state index in [4.69, 9.17) is 0 Å². The fourth-order valence-electron chi connectivity index (χ4n) is 5.25. The number of carbonyl (C=O) groups excluding carboxylic acids is 4. The summed E-state index contributed by atoms with van der Waals surface area (Å²) in [5, 5.41) is 21.8. The monoisotopic (exact) mass is 415 g/mol. The topological polar surface area (TPSA) is 121 Å². The number of aliphatic hydroxyl groups is 1. The van der Waals surface area contributed by atoms with Crippen molar-refractivity contribution in [2.24, 2.45) is 17.8 Å². The Hall–Kier alpha value is -0.784. The number of carbonyl (C=O) groups is 4. The van der Waals surface area contributed by atoms with Crippen LogP contribution in [0.1, 0.15) is 26.2 Å². The summed E-state index contributed by atoms with van der Waals surface area (Å²) in [6.07, 6.45) is 1.28. The molecule has 2 saturated heterocycles. The number of rotatable bonds is 4. The fourth-order valence-corrected chi connectivity index (χ4v) is 5.25. The molecule has 3 fully saturated rings. The van der Waals surface area contributed by atoms with E-state index in [1.54, 1.807) is 7.05 Å². The van der Waals surface area contributed by atoms with E-state index in [0.717, 1.165) is 11.3 Å². The van der Waals surface area contributed by atoms with Gasteiger partial charge in [0.15, 0.2) is 0 Å². The van der Waals surface area contributed by atoms with E-state index in [0.29, 0.717) is 18.4 Å². The van der Waals surface area contributed by atoms with Crippen LogP contribution in [0.4, 0.5) is 4.79 Å². The number of nitrogens with zero attached hydrogens (tertiary/aromatic N) is 3. The van der Waals surface area contributed by atoms with Crippen LogP contribution in [-0.4, -0.2) is 75.9 Å². The molecule has 4 amide bonds. The third-order valence-corrected chi connectivity index (χ3v) is 6.37. The summed E-state index contributed by atoms with van der Waals surface area (Å²) in [6.45, 7) is 1.66. The van der Waals surface area contributed by atoms with E-state index in [9.17, 15) is 29.4 Å². The zero-order valence-electron chi connectivity index (χ0n) is 16.3. The van der Waals surface area contributed by atoms with Crippen molar-refractivity contribution in [2.45, 2.75) is 38.3 Å². The van der Waals surface area contributed by atoms with Gasteiger partial charge in [-0.3, -0.25) is 14.5 Å². The van der Waals surface area contributed by atoms with Crippen LogP contribution in [-0.2, 0) is 14.4 Å². The molecule has 4 rings (SSSR count). The summed E-state index contributed by atoms with van der Waals surface area (Å²) in [7, 11) is 1.54. The van der Waals surface area contributed by atoms with Crippen LogP contribution in [0.5, 0.6) is 0 Å². The van der Waals surface area contributed by atoms with Crippen LogP contribution in [0.25, 0.3) is 0 Å². The van der Waals surface area contributed by atoms with Crippen molar-refractivity contribution in [2.75, 3.05) is 20.1 Å². The summed E-state index contributed by atoms with van der Waals surface area (Å²) >= 11 is 0. The second-order valence-electron chi connectivity index (χ2n) is 7.93. The number of imide groups is 1. The number of aliphatic hydroxyl groups excluding tert-OH is 1. The van der Waals surface area contributed by atoms with Crippen LogP contribution >= 0.6 is 0 Å². The number of fused-ring (bicyclic) bond motifs is 3. The molecular formula is C18H22KN3O6. The zero-order valence-corrected chi connectivity index (χ0v) is 19.4. The number of hydrogen-bond acceptors (Lipinski definition) is 6. The van der Waals surface area contributed by atoms with Gasteiger partial charge in [-0.15, -0.1) is 0 Å². The molecule has 0 radical (unpaired) electrons. The third-order valence-electron chi connectivity index (χ3n) is 6.37. The van der Waals surface area contributed by atoms with Crippen LogP contribution < -0.4 is 56.5 Å². The van der Waals surface area contributed by atoms with E-state index in [1.807, 2.05) is 0 Å². The van der Waals surface area contributed by atoms with E-state index in [1.165, 1.54) is 16.7 Å². The number of hydrogen-bond donors (Lipinski definition) is 1. The molecule has 0 aromatic rings. The number of carboxylic acid groups (broad SMARTS) is 1. The largest absolute Gasteiger partial charge is 1.00 e. The third kappa shape index (κ3) is 3.09. The number of aliphatic carboxylic acids is 1. The average molecular weight is 415 g/mol. The summed E-state index contributed by atoms with van der Waals surface area (Å²) in [4.78, 5) is 52.4. The molecule has 10 heteroatoms. The smallest absolute Gasteiger partial charge is 0.543 e. The molecule has 0 aromatic carbocycles. The predicted octanol–water partition coefficient (Wildman–Crippen LogP) is -4.47. The molecule has 1 aliphatic carbocycles. The molecule has 0 bridgehead atoms. The van der Waals surface area contributed by atoms with Crippen LogP contribution in [0, 0.1) is 17.8 Å². The number of amides is 4. The van der Waals surface area contributed by atoms with Gasteiger partial charge in [0.05, 0.1) is 29.7 Å². The first-order valence-electron chi connectivity index (χ1n) is 9.26. The quantitative estimate of drug-likeness (QED) is 0.281. The SMILES string of the molecule is C[C@@H](O)[C@H]1C(=O)N2C(C(=O)[O-])=C3[C@@H](CN4C(=O)CN(C)C4=O)CCC[C@@H]3[C@H]12.[K+]. The maximum Gasteiger partial charge on any atom is 1.00 e. The van der Waals surface area contributed by atoms with Crippen molar-refractivity contribution in [3.05, 3.63) is 11.3 Å². The first-order valence-corrected chi connectivity index (χ1v) is 9.26. The van der Waals surface area contributed by atoms with E-state index < -0.39 is 29.9 Å². The molecule has 1 N–H and O–H groups in total. The Morgan fingerprint density at radius 3 is 2.50 bits per heavy atom. The molecule has 4 aliphatic rings. The minimum Gasteiger partial charge on any atom is -0.543 e. The number of β-lactam (4-membered cyclic amide) rings is 1. The first-order chi connectivity index (χ1) is 12.7. The Labute approximate surface area is 205 Å². The van der Waals surface area contributed by atoms with Crippen molar-refractivity contribution in [1.82, 2.24) is 14.7 Å². The van der Waals surface area contributed by atoms with Crippen molar-refractivity contribution in [3.63, 3.8) is 0 Å². The van der Waals surface area contributed by atoms with Gasteiger partial charge in [-0.25, -0.2) is 4.79 Å². The zero-order chi connectivity index (χ0) is 19.6. The second kappa shape index (κ2) is 7.80. The summed E-state index contributed by atoms with van der Waals surface area (Å²) in [6, 6.07) is -0.771. The number of carboxylic acids is 1. The van der Waals surface area contributed by atoms with E-state index >= 15 is 0 Å². The Balaban J connectivity index is 0.00000225. The van der Waals surface area contributed by atoms with Crippen LogP contribution in [0.15, 0.2) is 11.3 Å². The molecule has 3 aliphatic heterocycles. The Morgan fingerprint density at radius 1 is 1.29 bits per heavy atom. The van der Waals surface area contributed by atoms with Crippen molar-refractivity contribution in [1.29, 1.82) is 0 Å². The molecule has 3 heterocycles. The maximum atomic E-state index is 12.5. The second-order valence-corrected chi connectivity index (χ2v) is 7.93. The molecule has 146 valence electrons. The van der Waals surface area contributed by atoms with Gasteiger partial charge in [-0.1, -0.05) is 6.42 Å². The van der Waals surface area contributed by atoms with Gasteiger partial charge in [0, 0.05) is 25.4 Å². The van der Waals surface area contributed by atoms with Crippen molar-refractivity contribution >= 4 is 23.8 Å². The molecule has 0 aromatic heterocycles. The normalized spacial score (nSPS) is 32.8. The number of likely N-dealkylation sites (N-methyl/N-ethyl adjacent to an activating group) is 1. The van der Waals surface area contributed by atoms with Crippen LogP contribution in [0.2, 0.25) is 0 Å². The number of urea groups is 1. The maximum absolute atomic E-state index is 12.5. The van der Waals surface area contributed by atoms with Gasteiger partial charge >= 0.3 is 57.4 Å². The van der Waals surface area contributed by atoms with Gasteiger partial charge in [0.1, 0.15) is 6.54 Å². The Bertz CT molecular complexity index is 781. The van der Waals surface area contributed by atoms with Crippen LogP contribution in [0.3, 0.4) is 0 Å². The summed E-state index contributed by atoms with van der Waals surface area (Å²) in [5.41, 5.74) is 0.474. The van der Waals surface area contributed by atoms with Gasteiger partial charge in [-0.2, -0.15) is 0 Å². The van der Waals surface area contributed by atoms with Gasteiger partial charge in [0.25, 0.3) is 0 Å². The minimum atomic E-state index is -1.42. The average Bonchev–Trinajstić information content (AvgIpc) is 3.01. The Kier molecular flexibility index (Phi) is 6.11. The molecular weight excluding hydrogens is 393 g/mol. The van der Waals surface area contributed by atoms with E-state index in [2.05, 4.69) is 0 Å². The molecule has 1 saturated carbocycles. The van der Waals surface area contributed by atoms with Crippen molar-refractivity contribution < 1.29 is 80.8 Å². The first kappa shape index (κ1) is 21.9. The van der Waals surface area contributed by atoms with Gasteiger partial charge in [-0.05, 0) is 25.3 Å². The molecule has 5 atom stereocenters. The van der Waals surface area contributed by atoms with Gasteiger partial charge < -0.3 is 24.8 Å². The fraction of sp³-hybridized carbons (Fsp3) is 0.667. The molecule has 28 heavy (non-hydrogen) atoms. The molecule has 0 unspecified atom stereocenters. The standard InChI is InChI=1S/C18H23N3O6.K/c1-8(22)12-14-10-5-3-4-9(6-20-11(23)7-19(2)18(20)27)13(10)15(17(25)26)21(14)16(12)24;/h8-10,12,14,22H,3-7H2,1-2H3,(H,25,26);/q;+1/p-1/t8-,9-,10+,12-,14-;/m1./s1. The predicted molar refractivity (Wildman–Crippen MR) is 88.4 cm³/mol. The molecule has 9 nitrogen and oxygen atoms in total.